The lowest BCUT2D eigenvalue weighted by Crippen LogP contribution is -2.06. The van der Waals surface area contributed by atoms with E-state index in [1.807, 2.05) is 32.0 Å². The van der Waals surface area contributed by atoms with Crippen LogP contribution in [0.1, 0.15) is 46.7 Å². The second-order valence-electron chi connectivity index (χ2n) is 8.02. The number of nitrogens with one attached hydrogen (secondary N) is 1. The Morgan fingerprint density at radius 1 is 1.03 bits per heavy atom. The lowest BCUT2D eigenvalue weighted by atomic mass is 9.95. The Kier molecular flexibility index (Phi) is 7.87. The molecule has 0 aliphatic rings. The third-order valence-electron chi connectivity index (χ3n) is 5.51. The number of rotatable bonds is 9. The molecule has 3 rings (SSSR count). The Morgan fingerprint density at radius 3 is 2.44 bits per heavy atom. The van der Waals surface area contributed by atoms with E-state index in [0.717, 1.165) is 23.1 Å². The van der Waals surface area contributed by atoms with Gasteiger partial charge in [-0.15, -0.1) is 0 Å². The maximum absolute atomic E-state index is 14.4. The highest BCUT2D eigenvalue weighted by Gasteiger charge is 2.09. The van der Waals surface area contributed by atoms with E-state index in [4.69, 9.17) is 4.74 Å². The summed E-state index contributed by atoms with van der Waals surface area (Å²) in [5.41, 5.74) is 6.84. The van der Waals surface area contributed by atoms with Crippen LogP contribution in [0.15, 0.2) is 54.6 Å². The minimum absolute atomic E-state index is 0.171. The molecule has 5 heteroatoms. The molecule has 0 amide bonds. The van der Waals surface area contributed by atoms with E-state index in [2.05, 4.69) is 17.4 Å². The number of hydrogen-bond donors (Lipinski definition) is 2. The van der Waals surface area contributed by atoms with Gasteiger partial charge in [-0.3, -0.25) is 4.79 Å². The highest BCUT2D eigenvalue weighted by Crippen LogP contribution is 2.24. The minimum atomic E-state index is -0.327. The summed E-state index contributed by atoms with van der Waals surface area (Å²) in [7, 11) is 0. The first-order valence-electron chi connectivity index (χ1n) is 10.9. The van der Waals surface area contributed by atoms with Crippen molar-refractivity contribution in [2.24, 2.45) is 0 Å². The molecule has 0 heterocycles. The van der Waals surface area contributed by atoms with Crippen LogP contribution in [0.4, 0.5) is 10.1 Å². The van der Waals surface area contributed by atoms with Gasteiger partial charge in [0.2, 0.25) is 0 Å². The summed E-state index contributed by atoms with van der Waals surface area (Å²) >= 11 is 0. The third kappa shape index (κ3) is 6.33. The summed E-state index contributed by atoms with van der Waals surface area (Å²) in [5.74, 6) is -0.348. The fourth-order valence-corrected chi connectivity index (χ4v) is 3.84. The summed E-state index contributed by atoms with van der Waals surface area (Å²) in [6, 6.07) is 16.9. The van der Waals surface area contributed by atoms with Crippen molar-refractivity contribution >= 4 is 11.7 Å². The Morgan fingerprint density at radius 2 is 1.75 bits per heavy atom. The smallest absolute Gasteiger partial charge is 0.306 e. The number of phenolic OH excluding ortho intramolecular Hbond substituents is 1. The number of phenols is 1. The van der Waals surface area contributed by atoms with E-state index >= 15 is 0 Å². The molecule has 0 aromatic heterocycles. The van der Waals surface area contributed by atoms with Gasteiger partial charge in [-0.25, -0.2) is 4.39 Å². The number of benzene rings is 3. The fraction of sp³-hybridized carbons (Fsp3) is 0.296. The molecule has 0 aliphatic carbocycles. The van der Waals surface area contributed by atoms with Crippen LogP contribution < -0.4 is 5.32 Å². The standard InChI is InChI=1S/C27H30FNO3/c1-4-32-27(31)11-9-22-8-10-23(16-26(22)28)29-17-21-7-5-6-20(14-21)15-25-18(2)12-24(30)13-19(25)3/h5-8,10,12-14,16,29-30H,4,9,11,15,17H2,1-3H3. The van der Waals surface area contributed by atoms with Gasteiger partial charge in [0, 0.05) is 18.7 Å². The number of esters is 1. The lowest BCUT2D eigenvalue weighted by Gasteiger charge is -2.13. The van der Waals surface area contributed by atoms with Gasteiger partial charge in [0.15, 0.2) is 0 Å². The van der Waals surface area contributed by atoms with Gasteiger partial charge >= 0.3 is 5.97 Å². The number of aryl methyl sites for hydroxylation is 3. The normalized spacial score (nSPS) is 10.8. The topological polar surface area (TPSA) is 58.6 Å². The molecule has 2 N–H and O–H groups in total. The largest absolute Gasteiger partial charge is 0.508 e. The van der Waals surface area contributed by atoms with Crippen molar-refractivity contribution < 1.29 is 19.0 Å². The Labute approximate surface area is 189 Å². The Bertz CT molecular complexity index is 1070. The molecule has 0 aliphatic heterocycles. The molecule has 3 aromatic rings. The van der Waals surface area contributed by atoms with Gasteiger partial charge in [0.25, 0.3) is 0 Å². The van der Waals surface area contributed by atoms with Gasteiger partial charge in [0.05, 0.1) is 6.61 Å². The second kappa shape index (κ2) is 10.8. The summed E-state index contributed by atoms with van der Waals surface area (Å²) in [5, 5.41) is 13.0. The Balaban J connectivity index is 1.62. The van der Waals surface area contributed by atoms with Gasteiger partial charge in [0.1, 0.15) is 11.6 Å². The van der Waals surface area contributed by atoms with Crippen LogP contribution in [0.25, 0.3) is 0 Å². The number of hydrogen-bond acceptors (Lipinski definition) is 4. The van der Waals surface area contributed by atoms with Crippen molar-refractivity contribution in [3.63, 3.8) is 0 Å². The quantitative estimate of drug-likeness (QED) is 0.414. The highest BCUT2D eigenvalue weighted by atomic mass is 19.1. The first-order valence-corrected chi connectivity index (χ1v) is 10.9. The zero-order chi connectivity index (χ0) is 23.1. The summed E-state index contributed by atoms with van der Waals surface area (Å²) < 4.78 is 19.3. The van der Waals surface area contributed by atoms with Gasteiger partial charge in [-0.1, -0.05) is 30.3 Å². The molecule has 168 valence electrons. The molecule has 0 fully saturated rings. The molecule has 0 atom stereocenters. The van der Waals surface area contributed by atoms with Crippen LogP contribution in [0.2, 0.25) is 0 Å². The third-order valence-corrected chi connectivity index (χ3v) is 5.51. The monoisotopic (exact) mass is 435 g/mol. The highest BCUT2D eigenvalue weighted by molar-refractivity contribution is 5.69. The summed E-state index contributed by atoms with van der Waals surface area (Å²) in [6.07, 6.45) is 1.28. The zero-order valence-corrected chi connectivity index (χ0v) is 18.9. The Hall–Kier alpha value is -3.34. The molecule has 0 radical (unpaired) electrons. The van der Waals surface area contributed by atoms with Crippen LogP contribution in [0.3, 0.4) is 0 Å². The maximum Gasteiger partial charge on any atom is 0.306 e. The predicted molar refractivity (Wildman–Crippen MR) is 126 cm³/mol. The molecule has 0 unspecified atom stereocenters. The first kappa shape index (κ1) is 23.3. The number of anilines is 1. The van der Waals surface area contributed by atoms with E-state index in [1.165, 1.54) is 17.2 Å². The molecular weight excluding hydrogens is 405 g/mol. The second-order valence-corrected chi connectivity index (χ2v) is 8.02. The van der Waals surface area contributed by atoms with Crippen LogP contribution in [-0.4, -0.2) is 17.7 Å². The van der Waals surface area contributed by atoms with E-state index in [9.17, 15) is 14.3 Å². The maximum atomic E-state index is 14.4. The molecule has 32 heavy (non-hydrogen) atoms. The van der Waals surface area contributed by atoms with Crippen molar-refractivity contribution in [3.05, 3.63) is 93.8 Å². The number of aromatic hydroxyl groups is 1. The van der Waals surface area contributed by atoms with E-state index in [1.54, 1.807) is 25.1 Å². The average molecular weight is 436 g/mol. The molecule has 4 nitrogen and oxygen atoms in total. The number of halogens is 1. The molecule has 0 bridgehead atoms. The minimum Gasteiger partial charge on any atom is -0.508 e. The van der Waals surface area contributed by atoms with Crippen LogP contribution >= 0.6 is 0 Å². The fourth-order valence-electron chi connectivity index (χ4n) is 3.84. The van der Waals surface area contributed by atoms with Gasteiger partial charge < -0.3 is 15.2 Å². The van der Waals surface area contributed by atoms with E-state index < -0.39 is 0 Å². The van der Waals surface area contributed by atoms with E-state index in [0.29, 0.717) is 36.6 Å². The summed E-state index contributed by atoms with van der Waals surface area (Å²) in [6.45, 7) is 6.68. The number of ether oxygens (including phenoxy) is 1. The van der Waals surface area contributed by atoms with Gasteiger partial charge in [-0.05, 0) is 91.3 Å². The van der Waals surface area contributed by atoms with E-state index in [-0.39, 0.29) is 18.2 Å². The zero-order valence-electron chi connectivity index (χ0n) is 18.9. The molecule has 0 saturated heterocycles. The van der Waals surface area contributed by atoms with Crippen molar-refractivity contribution in [2.75, 3.05) is 11.9 Å². The molecule has 0 saturated carbocycles. The van der Waals surface area contributed by atoms with Crippen molar-refractivity contribution in [3.8, 4) is 5.75 Å². The van der Waals surface area contributed by atoms with Gasteiger partial charge in [-0.2, -0.15) is 0 Å². The van der Waals surface area contributed by atoms with Crippen molar-refractivity contribution in [1.29, 1.82) is 0 Å². The van der Waals surface area contributed by atoms with Crippen molar-refractivity contribution in [1.82, 2.24) is 0 Å². The van der Waals surface area contributed by atoms with Crippen LogP contribution in [0.5, 0.6) is 5.75 Å². The predicted octanol–water partition coefficient (Wildman–Crippen LogP) is 5.85. The SMILES string of the molecule is CCOC(=O)CCc1ccc(NCc2cccc(Cc3c(C)cc(O)cc3C)c2)cc1F. The van der Waals surface area contributed by atoms with Crippen LogP contribution in [-0.2, 0) is 28.9 Å². The molecule has 0 spiro atoms. The summed E-state index contributed by atoms with van der Waals surface area (Å²) in [4.78, 5) is 11.5. The molecular formula is C27H30FNO3. The lowest BCUT2D eigenvalue weighted by molar-refractivity contribution is -0.143. The van der Waals surface area contributed by atoms with Crippen molar-refractivity contribution in [2.45, 2.75) is 46.6 Å². The number of carbonyl (C=O) groups is 1. The molecule has 3 aromatic carbocycles. The average Bonchev–Trinajstić information content (AvgIpc) is 2.74. The first-order chi connectivity index (χ1) is 15.4. The number of carbonyl (C=O) groups excluding carboxylic acids is 1. The van der Waals surface area contributed by atoms with Crippen LogP contribution in [0, 0.1) is 19.7 Å².